The maximum atomic E-state index is 13.4. The van der Waals surface area contributed by atoms with Gasteiger partial charge in [-0.15, -0.1) is 0 Å². The molecule has 28 heavy (non-hydrogen) atoms. The molecule has 1 N–H and O–H groups in total. The predicted octanol–water partition coefficient (Wildman–Crippen LogP) is 3.73. The fourth-order valence-electron chi connectivity index (χ4n) is 3.80. The number of hydrogen-bond donors (Lipinski definition) is 1. The molecule has 0 spiro atoms. The van der Waals surface area contributed by atoms with E-state index in [4.69, 9.17) is 9.72 Å². The summed E-state index contributed by atoms with van der Waals surface area (Å²) < 4.78 is 5.25. The second-order valence-electron chi connectivity index (χ2n) is 7.16. The number of pyridine rings is 1. The Kier molecular flexibility index (Phi) is 5.26. The number of carbonyl (C=O) groups is 1. The van der Waals surface area contributed by atoms with E-state index in [2.05, 4.69) is 5.32 Å². The molecule has 1 saturated heterocycles. The van der Waals surface area contributed by atoms with E-state index in [9.17, 15) is 4.79 Å². The highest BCUT2D eigenvalue weighted by molar-refractivity contribution is 6.07. The highest BCUT2D eigenvalue weighted by atomic mass is 16.5. The van der Waals surface area contributed by atoms with Crippen LogP contribution in [0.3, 0.4) is 0 Å². The van der Waals surface area contributed by atoms with Crippen molar-refractivity contribution >= 4 is 16.8 Å². The van der Waals surface area contributed by atoms with Gasteiger partial charge in [-0.05, 0) is 56.3 Å². The number of amides is 1. The Labute approximate surface area is 165 Å². The number of aromatic nitrogens is 1. The molecule has 0 atom stereocenters. The summed E-state index contributed by atoms with van der Waals surface area (Å²) in [5, 5.41) is 4.22. The molecule has 5 heteroatoms. The summed E-state index contributed by atoms with van der Waals surface area (Å²) in [7, 11) is 3.64. The molecule has 0 radical (unpaired) electrons. The molecule has 0 aliphatic carbocycles. The van der Waals surface area contributed by atoms with Gasteiger partial charge >= 0.3 is 0 Å². The average molecular weight is 375 g/mol. The Bertz CT molecular complexity index is 977. The summed E-state index contributed by atoms with van der Waals surface area (Å²) in [4.78, 5) is 20.1. The second-order valence-corrected chi connectivity index (χ2v) is 7.16. The molecule has 1 aromatic heterocycles. The van der Waals surface area contributed by atoms with Gasteiger partial charge in [-0.3, -0.25) is 4.79 Å². The molecule has 4 rings (SSSR count). The quantitative estimate of drug-likeness (QED) is 0.755. The number of carbonyl (C=O) groups excluding carboxylic acids is 1. The highest BCUT2D eigenvalue weighted by Gasteiger charge is 2.24. The number of fused-ring (bicyclic) bond motifs is 1. The predicted molar refractivity (Wildman–Crippen MR) is 112 cm³/mol. The number of ether oxygens (including phenoxy) is 1. The summed E-state index contributed by atoms with van der Waals surface area (Å²) >= 11 is 0. The van der Waals surface area contributed by atoms with Crippen LogP contribution in [0.15, 0.2) is 54.6 Å². The van der Waals surface area contributed by atoms with E-state index in [0.29, 0.717) is 6.04 Å². The summed E-state index contributed by atoms with van der Waals surface area (Å²) in [6, 6.07) is 18.1. The molecule has 5 nitrogen and oxygen atoms in total. The number of benzene rings is 2. The lowest BCUT2D eigenvalue weighted by Crippen LogP contribution is -2.44. The second kappa shape index (κ2) is 7.98. The number of rotatable bonds is 4. The van der Waals surface area contributed by atoms with Crippen LogP contribution in [0.5, 0.6) is 5.75 Å². The van der Waals surface area contributed by atoms with Gasteiger partial charge in [0.15, 0.2) is 0 Å². The van der Waals surface area contributed by atoms with Crippen molar-refractivity contribution in [1.29, 1.82) is 0 Å². The van der Waals surface area contributed by atoms with Gasteiger partial charge in [0.1, 0.15) is 5.75 Å². The van der Waals surface area contributed by atoms with Crippen molar-refractivity contribution in [3.8, 4) is 17.0 Å². The lowest BCUT2D eigenvalue weighted by atomic mass is 10.0. The van der Waals surface area contributed by atoms with Crippen molar-refractivity contribution in [2.75, 3.05) is 27.2 Å². The zero-order chi connectivity index (χ0) is 19.5. The van der Waals surface area contributed by atoms with Gasteiger partial charge in [0.05, 0.1) is 23.9 Å². The van der Waals surface area contributed by atoms with Crippen molar-refractivity contribution in [2.24, 2.45) is 0 Å². The first-order valence-electron chi connectivity index (χ1n) is 9.70. The van der Waals surface area contributed by atoms with Gasteiger partial charge in [0.25, 0.3) is 5.91 Å². The number of methoxy groups -OCH3 is 1. The number of nitrogens with zero attached hydrogens (tertiary/aromatic N) is 2. The van der Waals surface area contributed by atoms with Crippen LogP contribution in [0.1, 0.15) is 23.2 Å². The van der Waals surface area contributed by atoms with E-state index >= 15 is 0 Å². The minimum atomic E-state index is 0.0860. The first-order chi connectivity index (χ1) is 13.7. The molecule has 1 fully saturated rings. The van der Waals surface area contributed by atoms with Crippen LogP contribution in [-0.2, 0) is 0 Å². The van der Waals surface area contributed by atoms with Gasteiger partial charge in [-0.1, -0.05) is 18.2 Å². The Balaban J connectivity index is 1.73. The lowest BCUT2D eigenvalue weighted by Gasteiger charge is -2.32. The third-order valence-corrected chi connectivity index (χ3v) is 5.52. The lowest BCUT2D eigenvalue weighted by molar-refractivity contribution is 0.0709. The smallest absolute Gasteiger partial charge is 0.254 e. The van der Waals surface area contributed by atoms with Gasteiger partial charge in [0, 0.05) is 30.1 Å². The molecular formula is C23H25N3O2. The zero-order valence-corrected chi connectivity index (χ0v) is 16.3. The summed E-state index contributed by atoms with van der Waals surface area (Å²) in [6.07, 6.45) is 1.97. The van der Waals surface area contributed by atoms with Crippen LogP contribution >= 0.6 is 0 Å². The molecule has 144 valence electrons. The Morgan fingerprint density at radius 2 is 1.82 bits per heavy atom. The SMILES string of the molecule is CNC1CCN(C(=O)c2cc(-c3ccc(OC)cc3)nc3ccccc23)CC1. The van der Waals surface area contributed by atoms with E-state index < -0.39 is 0 Å². The van der Waals surface area contributed by atoms with Crippen molar-refractivity contribution in [1.82, 2.24) is 15.2 Å². The maximum absolute atomic E-state index is 13.4. The largest absolute Gasteiger partial charge is 0.497 e. The Morgan fingerprint density at radius 1 is 1.11 bits per heavy atom. The molecule has 2 heterocycles. The van der Waals surface area contributed by atoms with E-state index in [0.717, 1.165) is 59.4 Å². The van der Waals surface area contributed by atoms with Gasteiger partial charge < -0.3 is 15.0 Å². The van der Waals surface area contributed by atoms with Crippen LogP contribution < -0.4 is 10.1 Å². The molecular weight excluding hydrogens is 350 g/mol. The van der Waals surface area contributed by atoms with E-state index in [1.54, 1.807) is 7.11 Å². The van der Waals surface area contributed by atoms with E-state index in [1.807, 2.05) is 66.5 Å². The molecule has 1 aliphatic rings. The molecule has 2 aromatic carbocycles. The molecule has 0 bridgehead atoms. The van der Waals surface area contributed by atoms with Gasteiger partial charge in [0.2, 0.25) is 0 Å². The van der Waals surface area contributed by atoms with Crippen molar-refractivity contribution in [2.45, 2.75) is 18.9 Å². The van der Waals surface area contributed by atoms with Crippen LogP contribution in [-0.4, -0.2) is 49.1 Å². The molecule has 0 unspecified atom stereocenters. The summed E-state index contributed by atoms with van der Waals surface area (Å²) in [5.41, 5.74) is 3.33. The van der Waals surface area contributed by atoms with Crippen molar-refractivity contribution in [3.63, 3.8) is 0 Å². The minimum absolute atomic E-state index is 0.0860. The summed E-state index contributed by atoms with van der Waals surface area (Å²) in [6.45, 7) is 1.55. The fourth-order valence-corrected chi connectivity index (χ4v) is 3.80. The molecule has 1 amide bonds. The van der Waals surface area contributed by atoms with Crippen LogP contribution in [0.4, 0.5) is 0 Å². The number of likely N-dealkylation sites (tertiary alicyclic amines) is 1. The highest BCUT2D eigenvalue weighted by Crippen LogP contribution is 2.27. The number of piperidine rings is 1. The van der Waals surface area contributed by atoms with Crippen molar-refractivity contribution < 1.29 is 9.53 Å². The number of nitrogens with one attached hydrogen (secondary N) is 1. The van der Waals surface area contributed by atoms with E-state index in [1.165, 1.54) is 0 Å². The summed E-state index contributed by atoms with van der Waals surface area (Å²) in [5.74, 6) is 0.885. The third-order valence-electron chi connectivity index (χ3n) is 5.52. The van der Waals surface area contributed by atoms with Gasteiger partial charge in [-0.2, -0.15) is 0 Å². The van der Waals surface area contributed by atoms with Crippen molar-refractivity contribution in [3.05, 3.63) is 60.2 Å². The van der Waals surface area contributed by atoms with E-state index in [-0.39, 0.29) is 5.91 Å². The molecule has 0 saturated carbocycles. The standard InChI is InChI=1S/C23H25N3O2/c1-24-17-11-13-26(14-12-17)23(27)20-15-22(16-7-9-18(28-2)10-8-16)25-21-6-4-3-5-19(20)21/h3-10,15,17,24H,11-14H2,1-2H3. The normalized spacial score (nSPS) is 15.0. The number of para-hydroxylation sites is 1. The first kappa shape index (κ1) is 18.4. The van der Waals surface area contributed by atoms with Crippen LogP contribution in [0, 0.1) is 0 Å². The average Bonchev–Trinajstić information content (AvgIpc) is 2.78. The third kappa shape index (κ3) is 3.58. The van der Waals surface area contributed by atoms with Gasteiger partial charge in [-0.25, -0.2) is 4.98 Å². The monoisotopic (exact) mass is 375 g/mol. The van der Waals surface area contributed by atoms with Crippen LogP contribution in [0.25, 0.3) is 22.2 Å². The van der Waals surface area contributed by atoms with Crippen LogP contribution in [0.2, 0.25) is 0 Å². The topological polar surface area (TPSA) is 54.5 Å². The maximum Gasteiger partial charge on any atom is 0.254 e. The minimum Gasteiger partial charge on any atom is -0.497 e. The number of hydrogen-bond acceptors (Lipinski definition) is 4. The Hall–Kier alpha value is -2.92. The first-order valence-corrected chi connectivity index (χ1v) is 9.70. The fraction of sp³-hybridized carbons (Fsp3) is 0.304. The Morgan fingerprint density at radius 3 is 2.50 bits per heavy atom. The molecule has 3 aromatic rings. The molecule has 1 aliphatic heterocycles. The zero-order valence-electron chi connectivity index (χ0n) is 16.3.